The fourth-order valence-electron chi connectivity index (χ4n) is 4.71. The number of aromatic nitrogens is 2. The van der Waals surface area contributed by atoms with Crippen LogP contribution in [0.5, 0.6) is 5.75 Å². The van der Waals surface area contributed by atoms with Crippen molar-refractivity contribution in [2.24, 2.45) is 0 Å². The maximum absolute atomic E-state index is 12.7. The van der Waals surface area contributed by atoms with E-state index in [-0.39, 0.29) is 24.3 Å². The first-order chi connectivity index (χ1) is 15.0. The van der Waals surface area contributed by atoms with E-state index in [1.54, 1.807) is 31.4 Å². The lowest BCUT2D eigenvalue weighted by molar-refractivity contribution is -0.121. The first-order valence-electron chi connectivity index (χ1n) is 10.7. The van der Waals surface area contributed by atoms with Gasteiger partial charge in [0.1, 0.15) is 5.75 Å². The van der Waals surface area contributed by atoms with Gasteiger partial charge in [-0.3, -0.25) is 19.1 Å². The van der Waals surface area contributed by atoms with Crippen molar-refractivity contribution in [3.8, 4) is 5.75 Å². The second-order valence-corrected chi connectivity index (χ2v) is 8.14. The van der Waals surface area contributed by atoms with Crippen LogP contribution in [0.1, 0.15) is 37.7 Å². The lowest BCUT2D eigenvalue weighted by Gasteiger charge is -2.31. The van der Waals surface area contributed by atoms with Gasteiger partial charge in [-0.25, -0.2) is 4.79 Å². The zero-order valence-electron chi connectivity index (χ0n) is 17.6. The summed E-state index contributed by atoms with van der Waals surface area (Å²) in [6.45, 7) is 0.733. The van der Waals surface area contributed by atoms with E-state index in [9.17, 15) is 14.4 Å². The molecule has 1 aliphatic carbocycles. The molecule has 3 aromatic rings. The molecule has 7 heteroatoms. The number of carbonyl (C=O) groups excluding carboxylic acids is 1. The van der Waals surface area contributed by atoms with Crippen LogP contribution in [0.3, 0.4) is 0 Å². The first-order valence-corrected chi connectivity index (χ1v) is 10.7. The highest BCUT2D eigenvalue weighted by atomic mass is 16.5. The Balaban J connectivity index is 1.48. The molecule has 31 heavy (non-hydrogen) atoms. The lowest BCUT2D eigenvalue weighted by Crippen LogP contribution is -2.40. The molecule has 0 radical (unpaired) electrons. The van der Waals surface area contributed by atoms with Gasteiger partial charge in [-0.05, 0) is 31.0 Å². The van der Waals surface area contributed by atoms with Crippen molar-refractivity contribution in [2.45, 2.75) is 44.1 Å². The maximum atomic E-state index is 12.7. The number of ether oxygens (including phenoxy) is 1. The predicted octanol–water partition coefficient (Wildman–Crippen LogP) is 2.72. The van der Waals surface area contributed by atoms with Crippen molar-refractivity contribution in [2.75, 3.05) is 13.7 Å². The Bertz CT molecular complexity index is 1210. The summed E-state index contributed by atoms with van der Waals surface area (Å²) in [6, 6.07) is 14.9. The van der Waals surface area contributed by atoms with Gasteiger partial charge in [0.05, 0.1) is 18.0 Å². The molecule has 1 aromatic heterocycles. The minimum absolute atomic E-state index is 0.122. The van der Waals surface area contributed by atoms with Gasteiger partial charge in [0, 0.05) is 30.5 Å². The Morgan fingerprint density at radius 2 is 1.81 bits per heavy atom. The van der Waals surface area contributed by atoms with Crippen LogP contribution in [0.15, 0.2) is 58.1 Å². The van der Waals surface area contributed by atoms with E-state index in [0.717, 1.165) is 37.0 Å². The molecule has 0 saturated heterocycles. The molecule has 0 bridgehead atoms. The van der Waals surface area contributed by atoms with Crippen molar-refractivity contribution in [1.29, 1.82) is 0 Å². The molecule has 1 heterocycles. The fourth-order valence-corrected chi connectivity index (χ4v) is 4.71. The fraction of sp³-hybridized carbons (Fsp3) is 0.375. The number of hydrogen-bond donors (Lipinski definition) is 2. The molecule has 2 N–H and O–H groups in total. The summed E-state index contributed by atoms with van der Waals surface area (Å²) in [4.78, 5) is 39.3. The second kappa shape index (κ2) is 8.79. The van der Waals surface area contributed by atoms with E-state index < -0.39 is 11.2 Å². The minimum atomic E-state index is -0.502. The molecular weight excluding hydrogens is 394 g/mol. The normalized spacial score (nSPS) is 15.1. The topological polar surface area (TPSA) is 93.2 Å². The van der Waals surface area contributed by atoms with Crippen LogP contribution in [-0.4, -0.2) is 29.1 Å². The molecule has 1 aliphatic rings. The monoisotopic (exact) mass is 421 g/mol. The van der Waals surface area contributed by atoms with E-state index >= 15 is 0 Å². The zero-order valence-corrected chi connectivity index (χ0v) is 17.6. The number of carbonyl (C=O) groups is 1. The van der Waals surface area contributed by atoms with E-state index in [1.807, 2.05) is 18.2 Å². The number of aromatic amines is 1. The third-order valence-electron chi connectivity index (χ3n) is 6.33. The second-order valence-electron chi connectivity index (χ2n) is 8.14. The van der Waals surface area contributed by atoms with Gasteiger partial charge in [-0.15, -0.1) is 0 Å². The van der Waals surface area contributed by atoms with Crippen molar-refractivity contribution in [1.82, 2.24) is 14.9 Å². The van der Waals surface area contributed by atoms with Crippen LogP contribution < -0.4 is 21.3 Å². The third kappa shape index (κ3) is 4.13. The minimum Gasteiger partial charge on any atom is -0.496 e. The van der Waals surface area contributed by atoms with Gasteiger partial charge in [0.15, 0.2) is 0 Å². The number of nitrogens with one attached hydrogen (secondary N) is 2. The molecule has 0 spiro atoms. The highest BCUT2D eigenvalue weighted by Crippen LogP contribution is 2.44. The summed E-state index contributed by atoms with van der Waals surface area (Å²) < 4.78 is 7.03. The van der Waals surface area contributed by atoms with Gasteiger partial charge in [0.2, 0.25) is 5.91 Å². The van der Waals surface area contributed by atoms with Gasteiger partial charge in [-0.2, -0.15) is 0 Å². The zero-order chi connectivity index (χ0) is 21.8. The van der Waals surface area contributed by atoms with Gasteiger partial charge < -0.3 is 10.1 Å². The van der Waals surface area contributed by atoms with Crippen LogP contribution in [0.4, 0.5) is 0 Å². The largest absolute Gasteiger partial charge is 0.496 e. The quantitative estimate of drug-likeness (QED) is 0.613. The first kappa shape index (κ1) is 20.9. The van der Waals surface area contributed by atoms with E-state index in [4.69, 9.17) is 4.74 Å². The highest BCUT2D eigenvalue weighted by molar-refractivity contribution is 5.79. The van der Waals surface area contributed by atoms with E-state index in [1.165, 1.54) is 4.57 Å². The number of rotatable bonds is 7. The maximum Gasteiger partial charge on any atom is 0.328 e. The van der Waals surface area contributed by atoms with Gasteiger partial charge >= 0.3 is 5.69 Å². The average Bonchev–Trinajstić information content (AvgIpc) is 3.27. The van der Waals surface area contributed by atoms with E-state index in [2.05, 4.69) is 16.4 Å². The van der Waals surface area contributed by atoms with Crippen molar-refractivity contribution in [3.05, 3.63) is 74.9 Å². The molecular formula is C24H27N3O4. The summed E-state index contributed by atoms with van der Waals surface area (Å²) in [6.07, 6.45) is 4.38. The summed E-state index contributed by atoms with van der Waals surface area (Å²) in [5.41, 5.74) is 0.617. The Labute approximate surface area is 180 Å². The average molecular weight is 421 g/mol. The molecule has 1 amide bonds. The standard InChI is InChI=1S/C24H27N3O4/c1-31-20-11-5-3-9-18(20)24(13-6-7-14-24)16-25-21(28)12-15-27-19-10-4-2-8-17(19)22(29)26-23(27)30/h2-5,8-11H,6-7,12-16H2,1H3,(H,25,28)(H,26,29,30). The van der Waals surface area contributed by atoms with Crippen LogP contribution in [-0.2, 0) is 16.8 Å². The van der Waals surface area contributed by atoms with Crippen molar-refractivity contribution >= 4 is 16.8 Å². The van der Waals surface area contributed by atoms with E-state index in [0.29, 0.717) is 17.4 Å². The summed E-state index contributed by atoms with van der Waals surface area (Å²) >= 11 is 0. The number of H-pyrrole nitrogens is 1. The van der Waals surface area contributed by atoms with Gasteiger partial charge in [-0.1, -0.05) is 43.2 Å². The van der Waals surface area contributed by atoms with Gasteiger partial charge in [0.25, 0.3) is 5.56 Å². The van der Waals surface area contributed by atoms with Crippen LogP contribution >= 0.6 is 0 Å². The molecule has 4 rings (SSSR count). The number of aryl methyl sites for hydroxylation is 1. The predicted molar refractivity (Wildman–Crippen MR) is 120 cm³/mol. The smallest absolute Gasteiger partial charge is 0.328 e. The Morgan fingerprint density at radius 1 is 1.10 bits per heavy atom. The van der Waals surface area contributed by atoms with Crippen LogP contribution in [0, 0.1) is 0 Å². The number of benzene rings is 2. The molecule has 7 nitrogen and oxygen atoms in total. The molecule has 162 valence electrons. The number of para-hydroxylation sites is 2. The van der Waals surface area contributed by atoms with Crippen LogP contribution in [0.2, 0.25) is 0 Å². The molecule has 0 aliphatic heterocycles. The Kier molecular flexibility index (Phi) is 5.93. The lowest BCUT2D eigenvalue weighted by atomic mass is 9.78. The highest BCUT2D eigenvalue weighted by Gasteiger charge is 2.37. The molecule has 1 fully saturated rings. The number of hydrogen-bond acceptors (Lipinski definition) is 4. The molecule has 1 saturated carbocycles. The van der Waals surface area contributed by atoms with Crippen molar-refractivity contribution in [3.63, 3.8) is 0 Å². The molecule has 0 unspecified atom stereocenters. The molecule has 2 aromatic carbocycles. The molecule has 0 atom stereocenters. The number of amides is 1. The number of fused-ring (bicyclic) bond motifs is 1. The summed E-state index contributed by atoms with van der Waals surface area (Å²) in [5, 5.41) is 3.52. The van der Waals surface area contributed by atoms with Crippen LogP contribution in [0.25, 0.3) is 10.9 Å². The van der Waals surface area contributed by atoms with Crippen molar-refractivity contribution < 1.29 is 9.53 Å². The summed E-state index contributed by atoms with van der Waals surface area (Å²) in [5.74, 6) is 0.730. The SMILES string of the molecule is COc1ccccc1C1(CNC(=O)CCn2c(=O)[nH]c(=O)c3ccccc32)CCCC1. The number of methoxy groups -OCH3 is 1. The third-order valence-corrected chi connectivity index (χ3v) is 6.33. The summed E-state index contributed by atoms with van der Waals surface area (Å²) in [7, 11) is 1.67. The Morgan fingerprint density at radius 3 is 2.58 bits per heavy atom. The Hall–Kier alpha value is -3.35. The number of nitrogens with zero attached hydrogens (tertiary/aromatic N) is 1.